The lowest BCUT2D eigenvalue weighted by atomic mass is 9.56. The zero-order valence-electron chi connectivity index (χ0n) is 30.9. The summed E-state index contributed by atoms with van der Waals surface area (Å²) in [6.45, 7) is 5.92. The van der Waals surface area contributed by atoms with E-state index >= 15 is 0 Å². The van der Waals surface area contributed by atoms with Crippen LogP contribution in [-0.4, -0.2) is 12.3 Å². The second-order valence-corrected chi connectivity index (χ2v) is 16.0. The third kappa shape index (κ3) is 5.04. The molecule has 3 aliphatic rings. The molecule has 0 bridgehead atoms. The summed E-state index contributed by atoms with van der Waals surface area (Å²) in [4.78, 5) is 15.8. The van der Waals surface area contributed by atoms with Crippen molar-refractivity contribution in [1.29, 1.82) is 0 Å². The zero-order valence-corrected chi connectivity index (χ0v) is 30.9. The Labute approximate surface area is 318 Å². The standard InChI is InChI=1S/C52H43NO/c1-51(2)46-19-11-10-18-44(46)47(31-35-13-5-3-6-14-35)52(51)29-27-42-41(34-52)33-49(53-30-28-37-15-9-12-20-48(37)53)45-32-40(25-26-43(42)45)36-21-23-39(24-22-36)50(54)38-16-7-4-8-17-38/h3-27,29,32-33,47H,28,30-31,34H2,1-2H3. The molecule has 0 aromatic heterocycles. The van der Waals surface area contributed by atoms with E-state index in [0.29, 0.717) is 17.0 Å². The number of hydrogen-bond donors (Lipinski definition) is 0. The van der Waals surface area contributed by atoms with E-state index in [4.69, 9.17) is 0 Å². The van der Waals surface area contributed by atoms with Gasteiger partial charge in [0.15, 0.2) is 5.78 Å². The molecule has 7 aromatic rings. The summed E-state index contributed by atoms with van der Waals surface area (Å²) in [5.74, 6) is 0.410. The maximum atomic E-state index is 13.2. The van der Waals surface area contributed by atoms with Gasteiger partial charge in [0.2, 0.25) is 0 Å². The predicted molar refractivity (Wildman–Crippen MR) is 224 cm³/mol. The first-order valence-corrected chi connectivity index (χ1v) is 19.4. The van der Waals surface area contributed by atoms with Crippen molar-refractivity contribution in [2.75, 3.05) is 11.4 Å². The average molecular weight is 698 g/mol. The molecule has 0 saturated heterocycles. The molecule has 10 rings (SSSR count). The third-order valence-corrected chi connectivity index (χ3v) is 13.0. The van der Waals surface area contributed by atoms with E-state index in [1.165, 1.54) is 55.5 Å². The summed E-state index contributed by atoms with van der Waals surface area (Å²) in [5, 5.41) is 2.56. The van der Waals surface area contributed by atoms with Crippen LogP contribution in [0.4, 0.5) is 11.4 Å². The van der Waals surface area contributed by atoms with Gasteiger partial charge in [-0.2, -0.15) is 0 Å². The van der Waals surface area contributed by atoms with Gasteiger partial charge in [-0.25, -0.2) is 0 Å². The van der Waals surface area contributed by atoms with Crippen molar-refractivity contribution in [2.24, 2.45) is 5.41 Å². The van der Waals surface area contributed by atoms with Crippen molar-refractivity contribution in [2.45, 2.75) is 44.4 Å². The second-order valence-electron chi connectivity index (χ2n) is 16.0. The van der Waals surface area contributed by atoms with Crippen LogP contribution in [0.25, 0.3) is 28.0 Å². The monoisotopic (exact) mass is 697 g/mol. The van der Waals surface area contributed by atoms with Crippen molar-refractivity contribution in [3.63, 3.8) is 0 Å². The fourth-order valence-corrected chi connectivity index (χ4v) is 10.1. The molecular formula is C52H43NO. The maximum Gasteiger partial charge on any atom is 0.193 e. The van der Waals surface area contributed by atoms with Crippen LogP contribution in [0, 0.1) is 5.41 Å². The molecule has 2 nitrogen and oxygen atoms in total. The van der Waals surface area contributed by atoms with E-state index in [2.05, 4.69) is 146 Å². The number of benzene rings is 7. The molecule has 1 heterocycles. The minimum Gasteiger partial charge on any atom is -0.340 e. The smallest absolute Gasteiger partial charge is 0.193 e. The van der Waals surface area contributed by atoms with Crippen LogP contribution in [-0.2, 0) is 24.7 Å². The normalized spacial score (nSPS) is 19.1. The Bertz CT molecular complexity index is 2600. The summed E-state index contributed by atoms with van der Waals surface area (Å²) in [6.07, 6.45) is 8.10. The van der Waals surface area contributed by atoms with Gasteiger partial charge >= 0.3 is 0 Å². The first kappa shape index (κ1) is 32.6. The summed E-state index contributed by atoms with van der Waals surface area (Å²) in [6, 6.07) is 56.4. The number of nitrogens with zero attached hydrogens (tertiary/aromatic N) is 1. The van der Waals surface area contributed by atoms with Crippen LogP contribution in [0.3, 0.4) is 0 Å². The molecule has 1 aliphatic heterocycles. The lowest BCUT2D eigenvalue weighted by Crippen LogP contribution is -2.42. The molecule has 0 amide bonds. The summed E-state index contributed by atoms with van der Waals surface area (Å²) >= 11 is 0. The number of anilines is 2. The number of allylic oxidation sites excluding steroid dienone is 1. The second kappa shape index (κ2) is 12.6. The summed E-state index contributed by atoms with van der Waals surface area (Å²) < 4.78 is 0. The number of carbonyl (C=O) groups is 1. The van der Waals surface area contributed by atoms with Gasteiger partial charge in [0.25, 0.3) is 0 Å². The first-order chi connectivity index (χ1) is 26.4. The minimum absolute atomic E-state index is 0.0476. The van der Waals surface area contributed by atoms with Crippen molar-refractivity contribution < 1.29 is 4.79 Å². The van der Waals surface area contributed by atoms with E-state index in [-0.39, 0.29) is 16.6 Å². The Balaban J connectivity index is 1.11. The maximum absolute atomic E-state index is 13.2. The third-order valence-electron chi connectivity index (χ3n) is 13.0. The Hall–Kier alpha value is -5.99. The van der Waals surface area contributed by atoms with Crippen LogP contribution < -0.4 is 4.90 Å². The lowest BCUT2D eigenvalue weighted by molar-refractivity contribution is 0.103. The van der Waals surface area contributed by atoms with Gasteiger partial charge in [-0.3, -0.25) is 4.79 Å². The lowest BCUT2D eigenvalue weighted by Gasteiger charge is -2.46. The van der Waals surface area contributed by atoms with Crippen LogP contribution in [0.5, 0.6) is 0 Å². The fourth-order valence-electron chi connectivity index (χ4n) is 10.1. The number of rotatable bonds is 6. The van der Waals surface area contributed by atoms with Crippen LogP contribution in [0.2, 0.25) is 0 Å². The summed E-state index contributed by atoms with van der Waals surface area (Å²) in [5.41, 5.74) is 14.7. The van der Waals surface area contributed by atoms with Gasteiger partial charge in [-0.1, -0.05) is 166 Å². The quantitative estimate of drug-likeness (QED) is 0.161. The number of fused-ring (bicyclic) bond motifs is 5. The van der Waals surface area contributed by atoms with Crippen LogP contribution >= 0.6 is 0 Å². The molecule has 262 valence electrons. The molecule has 0 N–H and O–H groups in total. The van der Waals surface area contributed by atoms with Crippen molar-refractivity contribution >= 4 is 34.0 Å². The van der Waals surface area contributed by atoms with E-state index in [1.54, 1.807) is 0 Å². The highest BCUT2D eigenvalue weighted by atomic mass is 16.1. The fraction of sp³-hybridized carbons (Fsp3) is 0.173. The molecule has 0 saturated carbocycles. The molecule has 1 spiro atoms. The summed E-state index contributed by atoms with van der Waals surface area (Å²) in [7, 11) is 0. The molecule has 7 aromatic carbocycles. The number of ketones is 1. The van der Waals surface area contributed by atoms with E-state index in [9.17, 15) is 4.79 Å². The molecule has 2 atom stereocenters. The largest absolute Gasteiger partial charge is 0.340 e. The molecule has 0 fully saturated rings. The Morgan fingerprint density at radius 3 is 2.15 bits per heavy atom. The number of hydrogen-bond acceptors (Lipinski definition) is 2. The molecule has 0 radical (unpaired) electrons. The van der Waals surface area contributed by atoms with Crippen LogP contribution in [0.15, 0.2) is 164 Å². The topological polar surface area (TPSA) is 20.3 Å². The Morgan fingerprint density at radius 1 is 0.648 bits per heavy atom. The van der Waals surface area contributed by atoms with Gasteiger partial charge in [0, 0.05) is 39.8 Å². The van der Waals surface area contributed by atoms with Crippen LogP contribution in [0.1, 0.15) is 69.1 Å². The highest BCUT2D eigenvalue weighted by Gasteiger charge is 2.57. The minimum atomic E-state index is -0.0771. The van der Waals surface area contributed by atoms with Gasteiger partial charge in [0.05, 0.1) is 0 Å². The molecule has 2 unspecified atom stereocenters. The molecule has 2 aliphatic carbocycles. The average Bonchev–Trinajstić information content (AvgIpc) is 3.73. The zero-order chi connectivity index (χ0) is 36.4. The molecular weight excluding hydrogens is 655 g/mol. The van der Waals surface area contributed by atoms with Gasteiger partial charge in [-0.05, 0) is 98.7 Å². The molecule has 54 heavy (non-hydrogen) atoms. The van der Waals surface area contributed by atoms with Crippen molar-refractivity contribution in [3.8, 4) is 11.1 Å². The van der Waals surface area contributed by atoms with Gasteiger partial charge in [0.1, 0.15) is 0 Å². The van der Waals surface area contributed by atoms with Crippen molar-refractivity contribution in [3.05, 3.63) is 208 Å². The highest BCUT2D eigenvalue weighted by molar-refractivity contribution is 6.09. The van der Waals surface area contributed by atoms with E-state index in [1.807, 2.05) is 42.5 Å². The first-order valence-electron chi connectivity index (χ1n) is 19.4. The van der Waals surface area contributed by atoms with E-state index in [0.717, 1.165) is 36.9 Å². The highest BCUT2D eigenvalue weighted by Crippen LogP contribution is 2.64. The number of carbonyl (C=O) groups excluding carboxylic acids is 1. The predicted octanol–water partition coefficient (Wildman–Crippen LogP) is 12.3. The Morgan fingerprint density at radius 2 is 1.33 bits per heavy atom. The van der Waals surface area contributed by atoms with E-state index < -0.39 is 0 Å². The van der Waals surface area contributed by atoms with Crippen molar-refractivity contribution in [1.82, 2.24) is 0 Å². The van der Waals surface area contributed by atoms with Gasteiger partial charge in [-0.15, -0.1) is 0 Å². The molecule has 2 heteroatoms. The Kier molecular flexibility index (Phi) is 7.59. The SMILES string of the molecule is CC1(C)c2ccccc2C(Cc2ccccc2)C12C=Cc1c(cc(N3CCc4ccccc43)c3cc(-c4ccc(C(=O)c5ccccc5)cc4)ccc13)C2. The number of para-hydroxylation sites is 1. The van der Waals surface area contributed by atoms with Gasteiger partial charge < -0.3 is 4.90 Å².